The number of hydrogen-bond donors (Lipinski definition) is 1. The second-order valence-electron chi connectivity index (χ2n) is 2.29. The van der Waals surface area contributed by atoms with Crippen LogP contribution in [0.2, 0.25) is 0 Å². The maximum Gasteiger partial charge on any atom is 0.150 e. The SMILES string of the molecule is Nc1c(F)cc(C#CCBr)cc1F. The predicted molar refractivity (Wildman–Crippen MR) is 51.4 cm³/mol. The molecule has 0 saturated heterocycles. The molecule has 1 nitrogen and oxygen atoms in total. The molecule has 0 heterocycles. The Morgan fingerprint density at radius 3 is 2.31 bits per heavy atom. The van der Waals surface area contributed by atoms with Gasteiger partial charge in [0.25, 0.3) is 0 Å². The van der Waals surface area contributed by atoms with Crippen molar-refractivity contribution in [2.45, 2.75) is 0 Å². The van der Waals surface area contributed by atoms with Gasteiger partial charge >= 0.3 is 0 Å². The number of alkyl halides is 1. The zero-order chi connectivity index (χ0) is 9.84. The van der Waals surface area contributed by atoms with Gasteiger partial charge in [-0.15, -0.1) is 0 Å². The van der Waals surface area contributed by atoms with Gasteiger partial charge in [0.1, 0.15) is 17.3 Å². The van der Waals surface area contributed by atoms with Gasteiger partial charge in [0.05, 0.1) is 5.33 Å². The summed E-state index contributed by atoms with van der Waals surface area (Å²) in [6.07, 6.45) is 0. The molecule has 0 saturated carbocycles. The van der Waals surface area contributed by atoms with Crippen LogP contribution in [0.3, 0.4) is 0 Å². The molecular formula is C9H6BrF2N. The third-order valence-corrected chi connectivity index (χ3v) is 1.66. The Hall–Kier alpha value is -1.08. The smallest absolute Gasteiger partial charge is 0.150 e. The molecule has 1 rings (SSSR count). The fraction of sp³-hybridized carbons (Fsp3) is 0.111. The lowest BCUT2D eigenvalue weighted by molar-refractivity contribution is 0.591. The van der Waals surface area contributed by atoms with Crippen LogP contribution in [0.4, 0.5) is 14.5 Å². The van der Waals surface area contributed by atoms with E-state index in [1.807, 2.05) is 0 Å². The monoisotopic (exact) mass is 245 g/mol. The third kappa shape index (κ3) is 2.43. The van der Waals surface area contributed by atoms with Crippen molar-refractivity contribution in [2.75, 3.05) is 11.1 Å². The van der Waals surface area contributed by atoms with Crippen LogP contribution >= 0.6 is 15.9 Å². The second kappa shape index (κ2) is 4.24. The molecule has 1 aromatic rings. The van der Waals surface area contributed by atoms with Gasteiger partial charge in [-0.05, 0) is 12.1 Å². The van der Waals surface area contributed by atoms with Crippen molar-refractivity contribution in [3.05, 3.63) is 29.3 Å². The minimum absolute atomic E-state index is 0.281. The Labute approximate surface area is 83.1 Å². The van der Waals surface area contributed by atoms with E-state index in [1.165, 1.54) is 0 Å². The van der Waals surface area contributed by atoms with Crippen LogP contribution < -0.4 is 5.73 Å². The highest BCUT2D eigenvalue weighted by Crippen LogP contribution is 2.16. The first kappa shape index (κ1) is 10.0. The number of rotatable bonds is 0. The maximum absolute atomic E-state index is 12.8. The lowest BCUT2D eigenvalue weighted by atomic mass is 10.2. The molecule has 0 aromatic heterocycles. The van der Waals surface area contributed by atoms with Crippen molar-refractivity contribution in [1.29, 1.82) is 0 Å². The normalized spacial score (nSPS) is 9.15. The van der Waals surface area contributed by atoms with Crippen LogP contribution in [-0.4, -0.2) is 5.33 Å². The molecule has 0 unspecified atom stereocenters. The summed E-state index contributed by atoms with van der Waals surface area (Å²) in [4.78, 5) is 0. The van der Waals surface area contributed by atoms with E-state index >= 15 is 0 Å². The molecule has 0 bridgehead atoms. The highest BCUT2D eigenvalue weighted by atomic mass is 79.9. The predicted octanol–water partition coefficient (Wildman–Crippen LogP) is 2.29. The van der Waals surface area contributed by atoms with Crippen LogP contribution in [-0.2, 0) is 0 Å². The van der Waals surface area contributed by atoms with E-state index in [2.05, 4.69) is 27.8 Å². The molecule has 0 aliphatic carbocycles. The number of halogens is 3. The van der Waals surface area contributed by atoms with E-state index in [9.17, 15) is 8.78 Å². The summed E-state index contributed by atoms with van der Waals surface area (Å²) in [6, 6.07) is 2.21. The fourth-order valence-electron chi connectivity index (χ4n) is 0.792. The molecule has 0 radical (unpaired) electrons. The van der Waals surface area contributed by atoms with E-state index in [4.69, 9.17) is 5.73 Å². The average Bonchev–Trinajstić information content (AvgIpc) is 2.10. The zero-order valence-corrected chi connectivity index (χ0v) is 8.16. The first-order chi connectivity index (χ1) is 6.15. The van der Waals surface area contributed by atoms with E-state index < -0.39 is 17.3 Å². The first-order valence-electron chi connectivity index (χ1n) is 3.44. The maximum atomic E-state index is 12.8. The number of benzene rings is 1. The summed E-state index contributed by atoms with van der Waals surface area (Å²) in [7, 11) is 0. The van der Waals surface area contributed by atoms with Crippen molar-refractivity contribution in [3.8, 4) is 11.8 Å². The quantitative estimate of drug-likeness (QED) is 0.424. The fourth-order valence-corrected chi connectivity index (χ4v) is 0.932. The number of hydrogen-bond acceptors (Lipinski definition) is 1. The average molecular weight is 246 g/mol. The van der Waals surface area contributed by atoms with Gasteiger partial charge in [0.15, 0.2) is 0 Å². The molecule has 0 amide bonds. The number of nitrogens with two attached hydrogens (primary N) is 1. The Morgan fingerprint density at radius 1 is 1.31 bits per heavy atom. The summed E-state index contributed by atoms with van der Waals surface area (Å²) in [6.45, 7) is 0. The van der Waals surface area contributed by atoms with Gasteiger partial charge in [-0.1, -0.05) is 27.8 Å². The van der Waals surface area contributed by atoms with E-state index in [0.29, 0.717) is 5.33 Å². The van der Waals surface area contributed by atoms with Crippen LogP contribution in [0.25, 0.3) is 0 Å². The van der Waals surface area contributed by atoms with E-state index in [1.54, 1.807) is 0 Å². The first-order valence-corrected chi connectivity index (χ1v) is 4.56. The van der Waals surface area contributed by atoms with Crippen molar-refractivity contribution in [3.63, 3.8) is 0 Å². The van der Waals surface area contributed by atoms with Crippen LogP contribution in [0.15, 0.2) is 12.1 Å². The molecule has 2 N–H and O–H groups in total. The van der Waals surface area contributed by atoms with Crippen molar-refractivity contribution < 1.29 is 8.78 Å². The molecular weight excluding hydrogens is 240 g/mol. The Kier molecular flexibility index (Phi) is 3.26. The number of anilines is 1. The summed E-state index contributed by atoms with van der Waals surface area (Å²) >= 11 is 3.07. The molecule has 0 atom stereocenters. The third-order valence-electron chi connectivity index (χ3n) is 1.38. The van der Waals surface area contributed by atoms with Gasteiger partial charge in [-0.25, -0.2) is 8.78 Å². The van der Waals surface area contributed by atoms with Gasteiger partial charge in [-0.3, -0.25) is 0 Å². The van der Waals surface area contributed by atoms with Gasteiger partial charge in [0, 0.05) is 5.56 Å². The Morgan fingerprint density at radius 2 is 1.85 bits per heavy atom. The Bertz CT molecular complexity index is 356. The second-order valence-corrected chi connectivity index (χ2v) is 2.85. The van der Waals surface area contributed by atoms with Crippen molar-refractivity contribution in [1.82, 2.24) is 0 Å². The van der Waals surface area contributed by atoms with Crippen molar-refractivity contribution in [2.24, 2.45) is 0 Å². The summed E-state index contributed by atoms with van der Waals surface area (Å²) < 4.78 is 25.6. The highest BCUT2D eigenvalue weighted by molar-refractivity contribution is 9.09. The van der Waals surface area contributed by atoms with Gasteiger partial charge < -0.3 is 5.73 Å². The lowest BCUT2D eigenvalue weighted by Gasteiger charge is -1.98. The molecule has 4 heteroatoms. The number of nitrogen functional groups attached to an aromatic ring is 1. The molecule has 0 aliphatic rings. The summed E-state index contributed by atoms with van der Waals surface area (Å²) in [5, 5.41) is 0.459. The largest absolute Gasteiger partial charge is 0.394 e. The minimum Gasteiger partial charge on any atom is -0.394 e. The standard InChI is InChI=1S/C9H6BrF2N/c10-3-1-2-6-4-7(11)9(13)8(12)5-6/h4-5H,3,13H2. The van der Waals surface area contributed by atoms with E-state index in [-0.39, 0.29) is 5.56 Å². The zero-order valence-electron chi connectivity index (χ0n) is 6.57. The van der Waals surface area contributed by atoms with Gasteiger partial charge in [0.2, 0.25) is 0 Å². The molecule has 0 fully saturated rings. The minimum atomic E-state index is -0.779. The molecule has 0 spiro atoms. The lowest BCUT2D eigenvalue weighted by Crippen LogP contribution is -1.96. The molecule has 0 aliphatic heterocycles. The van der Waals surface area contributed by atoms with Crippen LogP contribution in [0.5, 0.6) is 0 Å². The highest BCUT2D eigenvalue weighted by Gasteiger charge is 2.05. The molecule has 13 heavy (non-hydrogen) atoms. The summed E-state index contributed by atoms with van der Waals surface area (Å²) in [5.74, 6) is 3.64. The van der Waals surface area contributed by atoms with Crippen LogP contribution in [0, 0.1) is 23.5 Å². The van der Waals surface area contributed by atoms with Gasteiger partial charge in [-0.2, -0.15) is 0 Å². The topological polar surface area (TPSA) is 26.0 Å². The van der Waals surface area contributed by atoms with Crippen LogP contribution in [0.1, 0.15) is 5.56 Å². The Balaban J connectivity index is 3.13. The van der Waals surface area contributed by atoms with E-state index in [0.717, 1.165) is 12.1 Å². The summed E-state index contributed by atoms with van der Waals surface area (Å²) in [5.41, 5.74) is 4.88. The van der Waals surface area contributed by atoms with Crippen molar-refractivity contribution >= 4 is 21.6 Å². The molecule has 68 valence electrons. The molecule has 1 aromatic carbocycles.